The molecule has 32 heavy (non-hydrogen) atoms. The van der Waals surface area contributed by atoms with Gasteiger partial charge < -0.3 is 10.6 Å². The highest BCUT2D eigenvalue weighted by molar-refractivity contribution is 6.06. The van der Waals surface area contributed by atoms with Gasteiger partial charge in [-0.15, -0.1) is 0 Å². The average molecular weight is 441 g/mol. The molecule has 0 spiro atoms. The number of aromatic nitrogens is 4. The fourth-order valence-corrected chi connectivity index (χ4v) is 4.43. The van der Waals surface area contributed by atoms with E-state index in [1.807, 2.05) is 31.2 Å². The Kier molecular flexibility index (Phi) is 6.38. The first-order chi connectivity index (χ1) is 15.5. The smallest absolute Gasteiger partial charge is 0.351 e. The Morgan fingerprint density at radius 1 is 1.31 bits per heavy atom. The Morgan fingerprint density at radius 2 is 2.12 bits per heavy atom. The van der Waals surface area contributed by atoms with Crippen LogP contribution in [-0.4, -0.2) is 43.8 Å². The number of unbranched alkanes of at least 4 members (excludes halogenated alkanes) is 1. The molecule has 4 rings (SSSR count). The van der Waals surface area contributed by atoms with Gasteiger partial charge >= 0.3 is 5.76 Å². The van der Waals surface area contributed by atoms with E-state index < -0.39 is 11.8 Å². The molecule has 10 heteroatoms. The van der Waals surface area contributed by atoms with Gasteiger partial charge in [-0.25, -0.2) is 4.79 Å². The van der Waals surface area contributed by atoms with E-state index in [1.165, 1.54) is 0 Å². The molecule has 0 unspecified atom stereocenters. The number of nitrogens with zero attached hydrogens (tertiary/aromatic N) is 3. The lowest BCUT2D eigenvalue weighted by atomic mass is 10.0. The van der Waals surface area contributed by atoms with Crippen LogP contribution in [0.25, 0.3) is 10.9 Å². The van der Waals surface area contributed by atoms with Gasteiger partial charge in [-0.3, -0.25) is 23.8 Å². The van der Waals surface area contributed by atoms with Gasteiger partial charge in [0.1, 0.15) is 6.04 Å². The zero-order valence-electron chi connectivity index (χ0n) is 18.3. The Hall–Kier alpha value is -3.43. The zero-order chi connectivity index (χ0) is 22.7. The lowest BCUT2D eigenvalue weighted by Gasteiger charge is -2.23. The molecule has 0 saturated heterocycles. The number of amides is 2. The third-order valence-corrected chi connectivity index (χ3v) is 6.09. The third kappa shape index (κ3) is 4.44. The van der Waals surface area contributed by atoms with Gasteiger partial charge in [0.2, 0.25) is 5.91 Å². The monoisotopic (exact) mass is 440 g/mol. The summed E-state index contributed by atoms with van der Waals surface area (Å²) in [7, 11) is 1.79. The van der Waals surface area contributed by atoms with E-state index in [0.29, 0.717) is 17.9 Å². The lowest BCUT2D eigenvalue weighted by Crippen LogP contribution is -2.50. The van der Waals surface area contributed by atoms with Crippen LogP contribution in [0.2, 0.25) is 0 Å². The summed E-state index contributed by atoms with van der Waals surface area (Å²) in [6, 6.07) is 6.63. The fourth-order valence-electron chi connectivity index (χ4n) is 4.43. The first kappa shape index (κ1) is 21.8. The van der Waals surface area contributed by atoms with E-state index >= 15 is 0 Å². The number of aryl methyl sites for hydroxylation is 1. The number of carbonyl (C=O) groups is 2. The summed E-state index contributed by atoms with van der Waals surface area (Å²) in [6.07, 6.45) is 4.68. The van der Waals surface area contributed by atoms with Crippen molar-refractivity contribution in [2.45, 2.75) is 63.5 Å². The van der Waals surface area contributed by atoms with Gasteiger partial charge in [0.05, 0.1) is 5.52 Å². The highest BCUT2D eigenvalue weighted by Crippen LogP contribution is 2.32. The van der Waals surface area contributed by atoms with Gasteiger partial charge in [-0.2, -0.15) is 5.10 Å². The van der Waals surface area contributed by atoms with Crippen LogP contribution in [-0.2, 0) is 11.8 Å². The van der Waals surface area contributed by atoms with E-state index in [-0.39, 0.29) is 23.8 Å². The van der Waals surface area contributed by atoms with Gasteiger partial charge in [-0.1, -0.05) is 49.5 Å². The van der Waals surface area contributed by atoms with Gasteiger partial charge in [0, 0.05) is 24.4 Å². The zero-order valence-corrected chi connectivity index (χ0v) is 18.3. The number of carbonyl (C=O) groups excluding carboxylic acids is 2. The SMILES string of the molecule is CCCC[C@H](NC(=O)c1nn(C)c2ccccc12)C(=O)N[C@H]1CCC[C@H]1c1noc(=O)[nH]1. The largest absolute Gasteiger partial charge is 0.438 e. The highest BCUT2D eigenvalue weighted by atomic mass is 16.5. The summed E-state index contributed by atoms with van der Waals surface area (Å²) in [5.41, 5.74) is 1.15. The predicted molar refractivity (Wildman–Crippen MR) is 117 cm³/mol. The molecule has 1 saturated carbocycles. The van der Waals surface area contributed by atoms with Crippen molar-refractivity contribution in [1.29, 1.82) is 0 Å². The maximum Gasteiger partial charge on any atom is 0.438 e. The van der Waals surface area contributed by atoms with Crippen LogP contribution in [0.1, 0.15) is 67.7 Å². The van der Waals surface area contributed by atoms with E-state index in [2.05, 4.69) is 30.4 Å². The molecule has 0 radical (unpaired) electrons. The lowest BCUT2D eigenvalue weighted by molar-refractivity contribution is -0.124. The number of benzene rings is 1. The molecule has 1 aliphatic rings. The maximum absolute atomic E-state index is 13.2. The summed E-state index contributed by atoms with van der Waals surface area (Å²) >= 11 is 0. The minimum absolute atomic E-state index is 0.118. The topological polar surface area (TPSA) is 135 Å². The second-order valence-corrected chi connectivity index (χ2v) is 8.29. The van der Waals surface area contributed by atoms with Gasteiger partial charge in [0.15, 0.2) is 11.5 Å². The van der Waals surface area contributed by atoms with Crippen LogP contribution in [0.3, 0.4) is 0 Å². The molecule has 1 aromatic carbocycles. The van der Waals surface area contributed by atoms with Crippen LogP contribution in [0, 0.1) is 0 Å². The van der Waals surface area contributed by atoms with Crippen LogP contribution in [0.4, 0.5) is 0 Å². The Bertz CT molecular complexity index is 1160. The van der Waals surface area contributed by atoms with Crippen molar-refractivity contribution in [3.05, 3.63) is 46.3 Å². The summed E-state index contributed by atoms with van der Waals surface area (Å²) in [4.78, 5) is 40.1. The van der Waals surface area contributed by atoms with Crippen molar-refractivity contribution in [3.63, 3.8) is 0 Å². The van der Waals surface area contributed by atoms with Gasteiger partial charge in [-0.05, 0) is 25.3 Å². The third-order valence-electron chi connectivity index (χ3n) is 6.09. The van der Waals surface area contributed by atoms with Crippen LogP contribution >= 0.6 is 0 Å². The molecule has 1 fully saturated rings. The second kappa shape index (κ2) is 9.37. The van der Waals surface area contributed by atoms with E-state index in [9.17, 15) is 14.4 Å². The maximum atomic E-state index is 13.2. The van der Waals surface area contributed by atoms with Crippen LogP contribution in [0.5, 0.6) is 0 Å². The van der Waals surface area contributed by atoms with Crippen molar-refractivity contribution in [1.82, 2.24) is 30.6 Å². The van der Waals surface area contributed by atoms with Crippen molar-refractivity contribution >= 4 is 22.7 Å². The Morgan fingerprint density at radius 3 is 2.88 bits per heavy atom. The normalized spacial score (nSPS) is 19.2. The number of H-pyrrole nitrogens is 1. The minimum atomic E-state index is -0.680. The van der Waals surface area contributed by atoms with Crippen molar-refractivity contribution in [3.8, 4) is 0 Å². The number of aromatic amines is 1. The molecule has 2 heterocycles. The number of hydrogen-bond acceptors (Lipinski definition) is 6. The minimum Gasteiger partial charge on any atom is -0.351 e. The standard InChI is InChI=1S/C22H28N6O4/c1-3-4-10-16(24-21(30)18-14-8-5-6-12-17(14)28(2)26-18)20(29)23-15-11-7-9-13(15)19-25-22(31)32-27-19/h5-6,8,12-13,15-16H,3-4,7,9-11H2,1-2H3,(H,23,29)(H,24,30)(H,25,27,31)/t13-,15+,16+/m1/s1. The molecule has 2 aromatic heterocycles. The first-order valence-corrected chi connectivity index (χ1v) is 11.1. The summed E-state index contributed by atoms with van der Waals surface area (Å²) < 4.78 is 6.29. The summed E-state index contributed by atoms with van der Waals surface area (Å²) in [5, 5.41) is 14.8. The molecule has 170 valence electrons. The molecule has 0 bridgehead atoms. The van der Waals surface area contributed by atoms with E-state index in [1.54, 1.807) is 11.7 Å². The van der Waals surface area contributed by atoms with E-state index in [4.69, 9.17) is 0 Å². The number of hydrogen-bond donors (Lipinski definition) is 3. The number of rotatable bonds is 8. The van der Waals surface area contributed by atoms with Crippen molar-refractivity contribution < 1.29 is 14.1 Å². The first-order valence-electron chi connectivity index (χ1n) is 11.1. The molecule has 3 aromatic rings. The van der Waals surface area contributed by atoms with Gasteiger partial charge in [0.25, 0.3) is 5.91 Å². The van der Waals surface area contributed by atoms with Crippen LogP contribution in [0.15, 0.2) is 33.6 Å². The summed E-state index contributed by atoms with van der Waals surface area (Å²) in [6.45, 7) is 2.04. The molecule has 1 aliphatic carbocycles. The van der Waals surface area contributed by atoms with E-state index in [0.717, 1.165) is 43.0 Å². The fraction of sp³-hybridized carbons (Fsp3) is 0.500. The molecular formula is C22H28N6O4. The molecule has 0 aliphatic heterocycles. The average Bonchev–Trinajstić information content (AvgIpc) is 3.50. The highest BCUT2D eigenvalue weighted by Gasteiger charge is 2.34. The number of nitrogens with one attached hydrogen (secondary N) is 3. The molecular weight excluding hydrogens is 412 g/mol. The Balaban J connectivity index is 1.49. The van der Waals surface area contributed by atoms with Crippen molar-refractivity contribution in [2.75, 3.05) is 0 Å². The molecule has 3 N–H and O–H groups in total. The molecule has 3 atom stereocenters. The number of fused-ring (bicyclic) bond motifs is 1. The molecule has 10 nitrogen and oxygen atoms in total. The molecule has 2 amide bonds. The quantitative estimate of drug-likeness (QED) is 0.490. The van der Waals surface area contributed by atoms with Crippen molar-refractivity contribution in [2.24, 2.45) is 7.05 Å². The summed E-state index contributed by atoms with van der Waals surface area (Å²) in [5.74, 6) is -0.885. The second-order valence-electron chi connectivity index (χ2n) is 8.29. The van der Waals surface area contributed by atoms with Crippen LogP contribution < -0.4 is 16.4 Å². The Labute approximate surface area is 184 Å². The number of para-hydroxylation sites is 1. The predicted octanol–water partition coefficient (Wildman–Crippen LogP) is 1.99.